The highest BCUT2D eigenvalue weighted by molar-refractivity contribution is 5.94. The number of amides is 1. The molecule has 0 aromatic carbocycles. The van der Waals surface area contributed by atoms with Gasteiger partial charge in [-0.15, -0.1) is 0 Å². The Bertz CT molecular complexity index is 692. The van der Waals surface area contributed by atoms with Crippen molar-refractivity contribution in [3.63, 3.8) is 0 Å². The van der Waals surface area contributed by atoms with Crippen molar-refractivity contribution in [1.82, 2.24) is 25.0 Å². The van der Waals surface area contributed by atoms with Crippen molar-refractivity contribution in [1.29, 1.82) is 0 Å². The first-order valence-corrected chi connectivity index (χ1v) is 8.04. The molecular formula is C17H23N5O. The van der Waals surface area contributed by atoms with Gasteiger partial charge in [-0.2, -0.15) is 5.10 Å². The first-order valence-electron chi connectivity index (χ1n) is 8.04. The van der Waals surface area contributed by atoms with Gasteiger partial charge in [0.2, 0.25) is 0 Å². The molecule has 0 radical (unpaired) electrons. The van der Waals surface area contributed by atoms with Gasteiger partial charge in [0, 0.05) is 31.0 Å². The standard InChI is InChI=1S/C17H23N5O/c1-12-9-13(2)22(20-12)16-7-6-14(10-19-16)17(23)21-8-4-5-15(11-21)18-3/h6-7,9-10,15,18H,4-5,8,11H2,1-3H3. The minimum absolute atomic E-state index is 0.0531. The summed E-state index contributed by atoms with van der Waals surface area (Å²) in [5.41, 5.74) is 2.62. The molecule has 6 heteroatoms. The van der Waals surface area contributed by atoms with E-state index in [1.165, 1.54) is 0 Å². The van der Waals surface area contributed by atoms with Crippen molar-refractivity contribution in [2.75, 3.05) is 20.1 Å². The van der Waals surface area contributed by atoms with Gasteiger partial charge in [-0.05, 0) is 51.9 Å². The number of aromatic nitrogens is 3. The van der Waals surface area contributed by atoms with Gasteiger partial charge >= 0.3 is 0 Å². The fourth-order valence-corrected chi connectivity index (χ4v) is 3.08. The van der Waals surface area contributed by atoms with Gasteiger partial charge in [0.25, 0.3) is 5.91 Å². The predicted molar refractivity (Wildman–Crippen MR) is 88.8 cm³/mol. The Labute approximate surface area is 136 Å². The third-order valence-electron chi connectivity index (χ3n) is 4.34. The van der Waals surface area contributed by atoms with Crippen LogP contribution in [0.3, 0.4) is 0 Å². The number of hydrogen-bond donors (Lipinski definition) is 1. The van der Waals surface area contributed by atoms with Crippen molar-refractivity contribution in [3.8, 4) is 5.82 Å². The lowest BCUT2D eigenvalue weighted by molar-refractivity contribution is 0.0698. The summed E-state index contributed by atoms with van der Waals surface area (Å²) in [4.78, 5) is 18.9. The van der Waals surface area contributed by atoms with E-state index in [0.717, 1.165) is 43.1 Å². The molecule has 3 rings (SSSR count). The number of carbonyl (C=O) groups is 1. The summed E-state index contributed by atoms with van der Waals surface area (Å²) >= 11 is 0. The minimum atomic E-state index is 0.0531. The summed E-state index contributed by atoms with van der Waals surface area (Å²) in [6.45, 7) is 5.52. The van der Waals surface area contributed by atoms with Gasteiger partial charge in [0.15, 0.2) is 5.82 Å². The molecule has 0 saturated carbocycles. The number of nitrogens with zero attached hydrogens (tertiary/aromatic N) is 4. The van der Waals surface area contributed by atoms with Gasteiger partial charge in [-0.25, -0.2) is 9.67 Å². The Morgan fingerprint density at radius 2 is 2.17 bits per heavy atom. The maximum atomic E-state index is 12.6. The lowest BCUT2D eigenvalue weighted by atomic mass is 10.1. The molecule has 1 saturated heterocycles. The Morgan fingerprint density at radius 3 is 2.78 bits per heavy atom. The molecule has 6 nitrogen and oxygen atoms in total. The second kappa shape index (κ2) is 6.50. The number of rotatable bonds is 3. The third-order valence-corrected chi connectivity index (χ3v) is 4.34. The van der Waals surface area contributed by atoms with Gasteiger partial charge in [-0.1, -0.05) is 0 Å². The summed E-state index contributed by atoms with van der Waals surface area (Å²) < 4.78 is 1.79. The van der Waals surface area contributed by atoms with Crippen LogP contribution in [0.1, 0.15) is 34.6 Å². The molecule has 0 bridgehead atoms. The number of hydrogen-bond acceptors (Lipinski definition) is 4. The second-order valence-electron chi connectivity index (χ2n) is 6.12. The minimum Gasteiger partial charge on any atom is -0.337 e. The van der Waals surface area contributed by atoms with Crippen LogP contribution < -0.4 is 5.32 Å². The predicted octanol–water partition coefficient (Wildman–Crippen LogP) is 1.71. The Morgan fingerprint density at radius 1 is 1.35 bits per heavy atom. The zero-order valence-electron chi connectivity index (χ0n) is 13.9. The van der Waals surface area contributed by atoms with E-state index in [2.05, 4.69) is 15.4 Å². The molecule has 1 atom stereocenters. The van der Waals surface area contributed by atoms with Crippen LogP contribution in [0.25, 0.3) is 5.82 Å². The van der Waals surface area contributed by atoms with Gasteiger partial charge in [-0.3, -0.25) is 4.79 Å². The molecule has 0 aliphatic carbocycles. The zero-order valence-corrected chi connectivity index (χ0v) is 13.9. The lowest BCUT2D eigenvalue weighted by Crippen LogP contribution is -2.46. The van der Waals surface area contributed by atoms with E-state index >= 15 is 0 Å². The molecule has 2 aromatic heterocycles. The van der Waals surface area contributed by atoms with E-state index in [0.29, 0.717) is 11.6 Å². The quantitative estimate of drug-likeness (QED) is 0.937. The van der Waals surface area contributed by atoms with Crippen LogP contribution in [-0.2, 0) is 0 Å². The zero-order chi connectivity index (χ0) is 16.4. The highest BCUT2D eigenvalue weighted by atomic mass is 16.2. The van der Waals surface area contributed by atoms with Crippen LogP contribution in [0.4, 0.5) is 0 Å². The van der Waals surface area contributed by atoms with Crippen LogP contribution in [-0.4, -0.2) is 51.8 Å². The monoisotopic (exact) mass is 313 g/mol. The van der Waals surface area contributed by atoms with Crippen LogP contribution in [0.2, 0.25) is 0 Å². The Balaban J connectivity index is 1.76. The average molecular weight is 313 g/mol. The number of carbonyl (C=O) groups excluding carboxylic acids is 1. The summed E-state index contributed by atoms with van der Waals surface area (Å²) in [6.07, 6.45) is 3.81. The smallest absolute Gasteiger partial charge is 0.255 e. The van der Waals surface area contributed by atoms with Gasteiger partial charge in [0.1, 0.15) is 0 Å². The summed E-state index contributed by atoms with van der Waals surface area (Å²) in [6, 6.07) is 6.08. The summed E-state index contributed by atoms with van der Waals surface area (Å²) in [7, 11) is 1.95. The molecule has 1 amide bonds. The first kappa shape index (κ1) is 15.7. The van der Waals surface area contributed by atoms with E-state index < -0.39 is 0 Å². The molecule has 1 unspecified atom stereocenters. The highest BCUT2D eigenvalue weighted by Gasteiger charge is 2.23. The number of piperidine rings is 1. The van der Waals surface area contributed by atoms with Gasteiger partial charge in [0.05, 0.1) is 11.3 Å². The van der Waals surface area contributed by atoms with E-state index in [1.807, 2.05) is 44.0 Å². The average Bonchev–Trinajstić information content (AvgIpc) is 2.93. The molecule has 1 aliphatic rings. The second-order valence-corrected chi connectivity index (χ2v) is 6.12. The fourth-order valence-electron chi connectivity index (χ4n) is 3.08. The van der Waals surface area contributed by atoms with Gasteiger partial charge < -0.3 is 10.2 Å². The maximum Gasteiger partial charge on any atom is 0.255 e. The topological polar surface area (TPSA) is 63.1 Å². The van der Waals surface area contributed by atoms with Crippen LogP contribution in [0.5, 0.6) is 0 Å². The Kier molecular flexibility index (Phi) is 4.43. The largest absolute Gasteiger partial charge is 0.337 e. The van der Waals surface area contributed by atoms with Crippen molar-refractivity contribution >= 4 is 5.91 Å². The normalized spacial score (nSPS) is 18.2. The van der Waals surface area contributed by atoms with E-state index in [1.54, 1.807) is 10.9 Å². The van der Waals surface area contributed by atoms with E-state index in [-0.39, 0.29) is 5.91 Å². The lowest BCUT2D eigenvalue weighted by Gasteiger charge is -2.32. The number of pyridine rings is 1. The highest BCUT2D eigenvalue weighted by Crippen LogP contribution is 2.15. The summed E-state index contributed by atoms with van der Waals surface area (Å²) in [5, 5.41) is 7.67. The number of likely N-dealkylation sites (N-methyl/N-ethyl adjacent to an activating group) is 1. The summed E-state index contributed by atoms with van der Waals surface area (Å²) in [5.74, 6) is 0.788. The van der Waals surface area contributed by atoms with Crippen molar-refractivity contribution in [3.05, 3.63) is 41.3 Å². The number of likely N-dealkylation sites (tertiary alicyclic amines) is 1. The maximum absolute atomic E-state index is 12.6. The molecule has 1 fully saturated rings. The SMILES string of the molecule is CNC1CCCN(C(=O)c2ccc(-n3nc(C)cc3C)nc2)C1. The van der Waals surface area contributed by atoms with Crippen molar-refractivity contribution in [2.24, 2.45) is 0 Å². The molecule has 2 aromatic rings. The molecule has 122 valence electrons. The molecule has 1 N–H and O–H groups in total. The van der Waals surface area contributed by atoms with E-state index in [9.17, 15) is 4.79 Å². The molecular weight excluding hydrogens is 290 g/mol. The third kappa shape index (κ3) is 3.27. The van der Waals surface area contributed by atoms with Crippen molar-refractivity contribution in [2.45, 2.75) is 32.7 Å². The first-order chi connectivity index (χ1) is 11.1. The van der Waals surface area contributed by atoms with E-state index in [4.69, 9.17) is 0 Å². The molecule has 3 heterocycles. The Hall–Kier alpha value is -2.21. The molecule has 23 heavy (non-hydrogen) atoms. The number of nitrogens with one attached hydrogen (secondary N) is 1. The molecule has 0 spiro atoms. The van der Waals surface area contributed by atoms with Crippen molar-refractivity contribution < 1.29 is 4.79 Å². The van der Waals surface area contributed by atoms with Crippen LogP contribution in [0, 0.1) is 13.8 Å². The van der Waals surface area contributed by atoms with Crippen LogP contribution >= 0.6 is 0 Å². The fraction of sp³-hybridized carbons (Fsp3) is 0.471. The molecule has 1 aliphatic heterocycles. The number of aryl methyl sites for hydroxylation is 2. The van der Waals surface area contributed by atoms with Crippen LogP contribution in [0.15, 0.2) is 24.4 Å².